The molecule has 0 saturated heterocycles. The first-order valence-electron chi connectivity index (χ1n) is 10.3. The van der Waals surface area contributed by atoms with Crippen LogP contribution in [0.2, 0.25) is 0 Å². The summed E-state index contributed by atoms with van der Waals surface area (Å²) in [5.74, 6) is 0.00606. The molecule has 1 unspecified atom stereocenters. The van der Waals surface area contributed by atoms with E-state index in [1.807, 2.05) is 25.1 Å². The summed E-state index contributed by atoms with van der Waals surface area (Å²) in [5, 5.41) is 38.9. The van der Waals surface area contributed by atoms with Gasteiger partial charge in [-0.25, -0.2) is 0 Å². The Labute approximate surface area is 186 Å². The predicted octanol–water partition coefficient (Wildman–Crippen LogP) is 0.676. The average molecular weight is 444 g/mol. The largest absolute Gasteiger partial charge is 0.470 e. The number of nitrogens with zero attached hydrogens (tertiary/aromatic N) is 2. The summed E-state index contributed by atoms with van der Waals surface area (Å²) in [7, 11) is 0. The third kappa shape index (κ3) is 5.32. The molecule has 32 heavy (non-hydrogen) atoms. The van der Waals surface area contributed by atoms with Crippen LogP contribution in [0.1, 0.15) is 39.7 Å². The number of ether oxygens (including phenoxy) is 1. The number of benzene rings is 1. The number of hydroxylamine groups is 2. The Bertz CT molecular complexity index is 948. The molecule has 0 bridgehead atoms. The Morgan fingerprint density at radius 3 is 2.66 bits per heavy atom. The highest BCUT2D eigenvalue weighted by Crippen LogP contribution is 2.30. The number of carbonyl (C=O) groups is 1. The lowest BCUT2D eigenvalue weighted by Crippen LogP contribution is -2.45. The van der Waals surface area contributed by atoms with Crippen molar-refractivity contribution in [2.45, 2.75) is 38.1 Å². The maximum atomic E-state index is 12.9. The number of aliphatic hydroxyl groups is 4. The van der Waals surface area contributed by atoms with E-state index in [0.717, 1.165) is 33.9 Å². The van der Waals surface area contributed by atoms with Gasteiger partial charge in [0.25, 0.3) is 5.91 Å². The molecule has 0 aliphatic carbocycles. The van der Waals surface area contributed by atoms with Gasteiger partial charge in [-0.1, -0.05) is 19.6 Å². The SMILES string of the molecule is C=Cc1ccc(Cc2cc3c(cc2CC)OCN(OC[C@H](O)[C@@H](O)C(O)CO)C3=O)cn1. The van der Waals surface area contributed by atoms with Crippen molar-refractivity contribution in [3.8, 4) is 5.75 Å². The molecule has 3 atom stereocenters. The summed E-state index contributed by atoms with van der Waals surface area (Å²) in [6, 6.07) is 7.46. The van der Waals surface area contributed by atoms with Crippen molar-refractivity contribution in [2.24, 2.45) is 0 Å². The minimum atomic E-state index is -1.62. The van der Waals surface area contributed by atoms with Crippen molar-refractivity contribution in [1.29, 1.82) is 0 Å². The van der Waals surface area contributed by atoms with Crippen LogP contribution in [0.25, 0.3) is 6.08 Å². The van der Waals surface area contributed by atoms with Crippen LogP contribution in [0.3, 0.4) is 0 Å². The van der Waals surface area contributed by atoms with Gasteiger partial charge in [-0.2, -0.15) is 5.06 Å². The van der Waals surface area contributed by atoms with Crippen molar-refractivity contribution in [3.05, 3.63) is 65.0 Å². The molecule has 1 aromatic carbocycles. The van der Waals surface area contributed by atoms with Crippen LogP contribution < -0.4 is 4.74 Å². The zero-order chi connectivity index (χ0) is 23.3. The molecular weight excluding hydrogens is 416 g/mol. The molecule has 0 saturated carbocycles. The summed E-state index contributed by atoms with van der Waals surface area (Å²) < 4.78 is 5.67. The van der Waals surface area contributed by atoms with Crippen LogP contribution in [0, 0.1) is 0 Å². The molecule has 0 spiro atoms. The first-order valence-corrected chi connectivity index (χ1v) is 10.3. The molecule has 9 heteroatoms. The number of fused-ring (bicyclic) bond motifs is 1. The first kappa shape index (κ1) is 23.8. The third-order valence-electron chi connectivity index (χ3n) is 5.30. The Balaban J connectivity index is 1.75. The van der Waals surface area contributed by atoms with Gasteiger partial charge in [0, 0.05) is 6.20 Å². The van der Waals surface area contributed by atoms with Crippen molar-refractivity contribution in [2.75, 3.05) is 19.9 Å². The molecule has 4 N–H and O–H groups in total. The van der Waals surface area contributed by atoms with Crippen LogP contribution in [-0.2, 0) is 17.7 Å². The number of amides is 1. The molecule has 2 heterocycles. The monoisotopic (exact) mass is 444 g/mol. The average Bonchev–Trinajstić information content (AvgIpc) is 2.82. The van der Waals surface area contributed by atoms with Gasteiger partial charge in [0.15, 0.2) is 6.73 Å². The van der Waals surface area contributed by atoms with Crippen LogP contribution in [-0.4, -0.2) is 74.6 Å². The molecule has 1 amide bonds. The highest BCUT2D eigenvalue weighted by atomic mass is 16.7. The topological polar surface area (TPSA) is 133 Å². The number of hydrogen-bond donors (Lipinski definition) is 4. The lowest BCUT2D eigenvalue weighted by molar-refractivity contribution is -0.193. The predicted molar refractivity (Wildman–Crippen MR) is 116 cm³/mol. The molecule has 2 aromatic rings. The molecule has 9 nitrogen and oxygen atoms in total. The van der Waals surface area contributed by atoms with E-state index in [4.69, 9.17) is 14.7 Å². The van der Waals surface area contributed by atoms with Crippen molar-refractivity contribution >= 4 is 12.0 Å². The van der Waals surface area contributed by atoms with Gasteiger partial charge in [0.2, 0.25) is 0 Å². The molecule has 3 rings (SSSR count). The van der Waals surface area contributed by atoms with Crippen LogP contribution >= 0.6 is 0 Å². The van der Waals surface area contributed by atoms with Gasteiger partial charge in [-0.05, 0) is 53.8 Å². The number of aromatic nitrogens is 1. The van der Waals surface area contributed by atoms with E-state index in [2.05, 4.69) is 11.6 Å². The Morgan fingerprint density at radius 2 is 2.03 bits per heavy atom. The Hall–Kier alpha value is -2.82. The maximum absolute atomic E-state index is 12.9. The summed E-state index contributed by atoms with van der Waals surface area (Å²) >= 11 is 0. The zero-order valence-corrected chi connectivity index (χ0v) is 17.8. The minimum absolute atomic E-state index is 0.188. The second-order valence-electron chi connectivity index (χ2n) is 7.50. The number of pyridine rings is 1. The second-order valence-corrected chi connectivity index (χ2v) is 7.50. The highest BCUT2D eigenvalue weighted by molar-refractivity contribution is 5.97. The van der Waals surface area contributed by atoms with Crippen LogP contribution in [0.4, 0.5) is 0 Å². The van der Waals surface area contributed by atoms with Crippen molar-refractivity contribution in [1.82, 2.24) is 10.0 Å². The number of aliphatic hydroxyl groups excluding tert-OH is 4. The summed E-state index contributed by atoms with van der Waals surface area (Å²) in [6.45, 7) is 4.35. The number of carbonyl (C=O) groups excluding carboxylic acids is 1. The molecule has 0 fully saturated rings. The molecule has 1 aliphatic heterocycles. The van der Waals surface area contributed by atoms with E-state index < -0.39 is 37.4 Å². The van der Waals surface area contributed by atoms with E-state index >= 15 is 0 Å². The summed E-state index contributed by atoms with van der Waals surface area (Å²) in [5.41, 5.74) is 4.10. The van der Waals surface area contributed by atoms with E-state index in [9.17, 15) is 20.1 Å². The standard InChI is InChI=1S/C23H28N2O7/c1-3-15-9-21-18(8-16(15)7-14-5-6-17(4-2)24-10-14)23(30)25(13-31-21)32-12-20(28)22(29)19(27)11-26/h4-6,8-10,19-20,22,26-29H,2-3,7,11-13H2,1H3/t19?,20-,22-/m0/s1. The number of rotatable bonds is 10. The first-order chi connectivity index (χ1) is 15.4. The van der Waals surface area contributed by atoms with E-state index in [1.165, 1.54) is 0 Å². The maximum Gasteiger partial charge on any atom is 0.284 e. The number of aryl methyl sites for hydroxylation is 1. The fraction of sp³-hybridized carbons (Fsp3) is 0.391. The van der Waals surface area contributed by atoms with E-state index in [-0.39, 0.29) is 6.73 Å². The van der Waals surface area contributed by atoms with Gasteiger partial charge in [-0.15, -0.1) is 0 Å². The van der Waals surface area contributed by atoms with Crippen LogP contribution in [0.5, 0.6) is 5.75 Å². The highest BCUT2D eigenvalue weighted by Gasteiger charge is 2.30. The van der Waals surface area contributed by atoms with Gasteiger partial charge >= 0.3 is 0 Å². The third-order valence-corrected chi connectivity index (χ3v) is 5.30. The van der Waals surface area contributed by atoms with Gasteiger partial charge < -0.3 is 25.2 Å². The summed E-state index contributed by atoms with van der Waals surface area (Å²) in [6.07, 6.45) is 0.146. The molecule has 172 valence electrons. The zero-order valence-electron chi connectivity index (χ0n) is 17.8. The fourth-order valence-electron chi connectivity index (χ4n) is 3.37. The quantitative estimate of drug-likeness (QED) is 0.421. The normalized spacial score (nSPS) is 16.2. The second kappa shape index (κ2) is 10.7. The number of hydrogen-bond acceptors (Lipinski definition) is 8. The van der Waals surface area contributed by atoms with Gasteiger partial charge in [0.1, 0.15) is 30.7 Å². The molecule has 1 aliphatic rings. The fourth-order valence-corrected chi connectivity index (χ4v) is 3.37. The molecule has 0 radical (unpaired) electrons. The van der Waals surface area contributed by atoms with Crippen molar-refractivity contribution < 1.29 is 34.8 Å². The summed E-state index contributed by atoms with van der Waals surface area (Å²) in [4.78, 5) is 22.6. The Morgan fingerprint density at radius 1 is 1.25 bits per heavy atom. The molecular formula is C23H28N2O7. The van der Waals surface area contributed by atoms with Crippen LogP contribution in [0.15, 0.2) is 37.0 Å². The van der Waals surface area contributed by atoms with Gasteiger partial charge in [-0.3, -0.25) is 14.6 Å². The van der Waals surface area contributed by atoms with Crippen molar-refractivity contribution in [3.63, 3.8) is 0 Å². The smallest absolute Gasteiger partial charge is 0.284 e. The van der Waals surface area contributed by atoms with Gasteiger partial charge in [0.05, 0.1) is 17.9 Å². The Kier molecular flexibility index (Phi) is 7.94. The lowest BCUT2D eigenvalue weighted by atomic mass is 9.95. The molecule has 1 aromatic heterocycles. The lowest BCUT2D eigenvalue weighted by Gasteiger charge is -2.30. The minimum Gasteiger partial charge on any atom is -0.470 e. The van der Waals surface area contributed by atoms with E-state index in [1.54, 1.807) is 18.3 Å². The van der Waals surface area contributed by atoms with E-state index in [0.29, 0.717) is 17.7 Å².